The van der Waals surface area contributed by atoms with Gasteiger partial charge in [0.05, 0.1) is 5.69 Å². The van der Waals surface area contributed by atoms with Crippen LogP contribution >= 0.6 is 11.6 Å². The van der Waals surface area contributed by atoms with E-state index in [0.29, 0.717) is 5.02 Å². The molecule has 2 heterocycles. The van der Waals surface area contributed by atoms with Crippen LogP contribution in [0.25, 0.3) is 22.2 Å². The molecule has 0 aliphatic rings. The summed E-state index contributed by atoms with van der Waals surface area (Å²) in [4.78, 5) is 11.1. The molecule has 0 spiro atoms. The second-order valence-corrected chi connectivity index (χ2v) is 5.22. The summed E-state index contributed by atoms with van der Waals surface area (Å²) < 4.78 is 3.68. The van der Waals surface area contributed by atoms with Crippen LogP contribution in [0.1, 0.15) is 10.5 Å². The van der Waals surface area contributed by atoms with E-state index in [4.69, 9.17) is 16.7 Å². The summed E-state index contributed by atoms with van der Waals surface area (Å²) in [5.41, 5.74) is 3.15. The predicted molar refractivity (Wildman–Crippen MR) is 79.3 cm³/mol. The Morgan fingerprint density at radius 1 is 1.20 bits per heavy atom. The number of hydrogen-bond acceptors (Lipinski definition) is 1. The summed E-state index contributed by atoms with van der Waals surface area (Å²) >= 11 is 6.03. The van der Waals surface area contributed by atoms with Crippen LogP contribution in [0.5, 0.6) is 0 Å². The number of carboxylic acids is 1. The molecule has 0 saturated carbocycles. The lowest BCUT2D eigenvalue weighted by Gasteiger charge is -2.04. The first-order chi connectivity index (χ1) is 9.49. The number of aromatic carboxylic acids is 1. The van der Waals surface area contributed by atoms with E-state index in [1.165, 1.54) is 0 Å². The predicted octanol–water partition coefficient (Wildman–Crippen LogP) is 3.54. The zero-order valence-corrected chi connectivity index (χ0v) is 11.8. The van der Waals surface area contributed by atoms with Crippen LogP contribution in [0, 0.1) is 0 Å². The Labute approximate surface area is 120 Å². The maximum absolute atomic E-state index is 11.1. The third-order valence-corrected chi connectivity index (χ3v) is 3.80. The van der Waals surface area contributed by atoms with Crippen molar-refractivity contribution in [2.45, 2.75) is 0 Å². The Kier molecular flexibility index (Phi) is 2.83. The van der Waals surface area contributed by atoms with Gasteiger partial charge in [-0.25, -0.2) is 4.79 Å². The van der Waals surface area contributed by atoms with Crippen molar-refractivity contribution < 1.29 is 9.90 Å². The monoisotopic (exact) mass is 288 g/mol. The number of rotatable bonds is 2. The third-order valence-electron chi connectivity index (χ3n) is 3.57. The number of nitrogens with zero attached hydrogens (tertiary/aromatic N) is 2. The topological polar surface area (TPSA) is 47.2 Å². The molecule has 0 atom stereocenters. The molecular weight excluding hydrogens is 276 g/mol. The number of hydrogen-bond donors (Lipinski definition) is 1. The number of aromatic nitrogens is 2. The van der Waals surface area contributed by atoms with Crippen LogP contribution in [0.3, 0.4) is 0 Å². The molecule has 2 aromatic heterocycles. The second-order valence-electron chi connectivity index (χ2n) is 4.78. The minimum absolute atomic E-state index is 0.269. The fourth-order valence-corrected chi connectivity index (χ4v) is 2.72. The van der Waals surface area contributed by atoms with Crippen molar-refractivity contribution in [1.82, 2.24) is 9.13 Å². The summed E-state index contributed by atoms with van der Waals surface area (Å²) in [6.45, 7) is 0. The molecule has 0 radical (unpaired) electrons. The molecule has 20 heavy (non-hydrogen) atoms. The maximum Gasteiger partial charge on any atom is 0.352 e. The van der Waals surface area contributed by atoms with Gasteiger partial charge in [0.15, 0.2) is 0 Å². The summed E-state index contributed by atoms with van der Waals surface area (Å²) in [6.07, 6.45) is 1.99. The van der Waals surface area contributed by atoms with E-state index in [1.54, 1.807) is 17.7 Å². The van der Waals surface area contributed by atoms with Crippen LogP contribution in [-0.4, -0.2) is 20.2 Å². The van der Waals surface area contributed by atoms with Crippen molar-refractivity contribution in [2.75, 3.05) is 0 Å². The molecule has 5 heteroatoms. The Bertz CT molecular complexity index is 830. The smallest absolute Gasteiger partial charge is 0.352 e. The molecule has 0 saturated heterocycles. The van der Waals surface area contributed by atoms with Crippen LogP contribution in [-0.2, 0) is 14.1 Å². The van der Waals surface area contributed by atoms with E-state index in [1.807, 2.05) is 42.1 Å². The minimum Gasteiger partial charge on any atom is -0.477 e. The maximum atomic E-state index is 11.1. The molecule has 102 valence electrons. The second kappa shape index (κ2) is 4.42. The summed E-state index contributed by atoms with van der Waals surface area (Å²) in [5, 5.41) is 10.9. The van der Waals surface area contributed by atoms with Gasteiger partial charge in [0.2, 0.25) is 0 Å². The normalized spacial score (nSPS) is 11.2. The van der Waals surface area contributed by atoms with Gasteiger partial charge in [0.25, 0.3) is 0 Å². The molecule has 1 aromatic carbocycles. The first-order valence-corrected chi connectivity index (χ1v) is 6.51. The van der Waals surface area contributed by atoms with Gasteiger partial charge in [0, 0.05) is 41.8 Å². The largest absolute Gasteiger partial charge is 0.477 e. The first-order valence-electron chi connectivity index (χ1n) is 6.13. The zero-order valence-electron chi connectivity index (χ0n) is 11.1. The molecule has 0 aliphatic heterocycles. The lowest BCUT2D eigenvalue weighted by atomic mass is 10.1. The molecule has 0 fully saturated rings. The molecule has 0 aliphatic carbocycles. The Balaban J connectivity index is 2.28. The van der Waals surface area contributed by atoms with E-state index in [2.05, 4.69) is 0 Å². The number of benzene rings is 1. The van der Waals surface area contributed by atoms with Crippen LogP contribution in [0.2, 0.25) is 5.02 Å². The number of carboxylic acid groups (broad SMARTS) is 1. The van der Waals surface area contributed by atoms with Crippen LogP contribution in [0.15, 0.2) is 36.5 Å². The van der Waals surface area contributed by atoms with Gasteiger partial charge in [-0.15, -0.1) is 0 Å². The first kappa shape index (κ1) is 12.8. The van der Waals surface area contributed by atoms with Crippen molar-refractivity contribution in [3.05, 3.63) is 47.2 Å². The molecule has 4 nitrogen and oxygen atoms in total. The van der Waals surface area contributed by atoms with Gasteiger partial charge >= 0.3 is 5.97 Å². The highest BCUT2D eigenvalue weighted by Crippen LogP contribution is 2.32. The Hall–Kier alpha value is -2.20. The lowest BCUT2D eigenvalue weighted by molar-refractivity contribution is 0.0687. The number of carbonyl (C=O) groups is 1. The van der Waals surface area contributed by atoms with Gasteiger partial charge in [-0.05, 0) is 24.3 Å². The molecule has 1 N–H and O–H groups in total. The Morgan fingerprint density at radius 3 is 2.60 bits per heavy atom. The average Bonchev–Trinajstić information content (AvgIpc) is 2.91. The number of aryl methyl sites for hydroxylation is 1. The van der Waals surface area contributed by atoms with Crippen LogP contribution < -0.4 is 0 Å². The molecule has 0 unspecified atom stereocenters. The van der Waals surface area contributed by atoms with Gasteiger partial charge in [-0.2, -0.15) is 0 Å². The van der Waals surface area contributed by atoms with Gasteiger partial charge < -0.3 is 14.2 Å². The molecule has 0 amide bonds. The highest BCUT2D eigenvalue weighted by molar-refractivity contribution is 6.31. The summed E-state index contributed by atoms with van der Waals surface area (Å²) in [7, 11) is 3.71. The van der Waals surface area contributed by atoms with Gasteiger partial charge in [0.1, 0.15) is 5.69 Å². The lowest BCUT2D eigenvalue weighted by Crippen LogP contribution is -2.04. The van der Waals surface area contributed by atoms with E-state index in [0.717, 1.165) is 22.2 Å². The van der Waals surface area contributed by atoms with Crippen molar-refractivity contribution in [3.8, 4) is 11.3 Å². The van der Waals surface area contributed by atoms with Crippen molar-refractivity contribution in [3.63, 3.8) is 0 Å². The van der Waals surface area contributed by atoms with E-state index in [9.17, 15) is 4.79 Å². The number of halogens is 1. The summed E-state index contributed by atoms with van der Waals surface area (Å²) in [6, 6.07) is 9.15. The van der Waals surface area contributed by atoms with E-state index < -0.39 is 5.97 Å². The third kappa shape index (κ3) is 1.80. The van der Waals surface area contributed by atoms with Gasteiger partial charge in [-0.1, -0.05) is 17.7 Å². The van der Waals surface area contributed by atoms with Crippen molar-refractivity contribution in [2.24, 2.45) is 14.1 Å². The summed E-state index contributed by atoms with van der Waals surface area (Å²) in [5.74, 6) is -0.929. The van der Waals surface area contributed by atoms with E-state index >= 15 is 0 Å². The molecule has 0 bridgehead atoms. The minimum atomic E-state index is -0.929. The van der Waals surface area contributed by atoms with E-state index in [-0.39, 0.29) is 5.69 Å². The highest BCUT2D eigenvalue weighted by atomic mass is 35.5. The fraction of sp³-hybridized carbons (Fsp3) is 0.133. The SMILES string of the molecule is Cn1c(C(=O)O)ccc1-c1cn(C)c2cc(Cl)ccc12. The van der Waals surface area contributed by atoms with Crippen LogP contribution in [0.4, 0.5) is 0 Å². The highest BCUT2D eigenvalue weighted by Gasteiger charge is 2.16. The number of fused-ring (bicyclic) bond motifs is 1. The Morgan fingerprint density at radius 2 is 1.95 bits per heavy atom. The molecule has 3 aromatic rings. The quantitative estimate of drug-likeness (QED) is 0.784. The van der Waals surface area contributed by atoms with Crippen molar-refractivity contribution in [1.29, 1.82) is 0 Å². The zero-order chi connectivity index (χ0) is 14.4. The van der Waals surface area contributed by atoms with Gasteiger partial charge in [-0.3, -0.25) is 0 Å². The van der Waals surface area contributed by atoms with Crippen molar-refractivity contribution >= 4 is 28.5 Å². The molecule has 3 rings (SSSR count). The average molecular weight is 289 g/mol. The fourth-order valence-electron chi connectivity index (χ4n) is 2.56. The molecular formula is C15H13ClN2O2. The standard InChI is InChI=1S/C15H13ClN2O2/c1-17-8-11(10-4-3-9(16)7-14(10)17)12-5-6-13(15(19)20)18(12)2/h3-8H,1-2H3,(H,19,20).